The molecule has 1 aliphatic carbocycles. The van der Waals surface area contributed by atoms with Crippen molar-refractivity contribution < 1.29 is 13.6 Å². The van der Waals surface area contributed by atoms with Gasteiger partial charge in [0.1, 0.15) is 0 Å². The van der Waals surface area contributed by atoms with Gasteiger partial charge in [-0.05, 0) is 66.5 Å². The number of fused-ring (bicyclic) bond motifs is 1. The Kier molecular flexibility index (Phi) is 5.29. The Bertz CT molecular complexity index is 774. The number of carbonyl (C=O) groups excluding carboxylic acids is 1. The highest BCUT2D eigenvalue weighted by atomic mass is 32.2. The maximum absolute atomic E-state index is 12.5. The number of carbonyl (C=O) groups is 1. The van der Waals surface area contributed by atoms with Crippen molar-refractivity contribution >= 4 is 34.7 Å². The monoisotopic (exact) mass is 394 g/mol. The SMILES string of the molecule is O=C(CN1CCc2sccc2[C@H]1C1CC1)Nc1ccc(SC(F)F)cc1. The first-order valence-corrected chi connectivity index (χ1v) is 10.5. The number of benzene rings is 1. The molecular formula is C19H20F2N2OS2. The van der Waals surface area contributed by atoms with Crippen molar-refractivity contribution in [3.8, 4) is 0 Å². The van der Waals surface area contributed by atoms with E-state index in [4.69, 9.17) is 0 Å². The van der Waals surface area contributed by atoms with Crippen molar-refractivity contribution in [3.05, 3.63) is 46.2 Å². The molecule has 138 valence electrons. The maximum Gasteiger partial charge on any atom is 0.288 e. The van der Waals surface area contributed by atoms with Gasteiger partial charge in [0.25, 0.3) is 5.76 Å². The van der Waals surface area contributed by atoms with Crippen LogP contribution >= 0.6 is 23.1 Å². The highest BCUT2D eigenvalue weighted by molar-refractivity contribution is 7.99. The van der Waals surface area contributed by atoms with Gasteiger partial charge in [-0.25, -0.2) is 0 Å². The highest BCUT2D eigenvalue weighted by Gasteiger charge is 2.40. The average Bonchev–Trinajstić information content (AvgIpc) is 3.32. The summed E-state index contributed by atoms with van der Waals surface area (Å²) in [6, 6.07) is 9.14. The summed E-state index contributed by atoms with van der Waals surface area (Å²) < 4.78 is 24.7. The lowest BCUT2D eigenvalue weighted by Gasteiger charge is -2.35. The minimum Gasteiger partial charge on any atom is -0.325 e. The number of nitrogens with zero attached hydrogens (tertiary/aromatic N) is 1. The van der Waals surface area contributed by atoms with Gasteiger partial charge in [-0.15, -0.1) is 11.3 Å². The van der Waals surface area contributed by atoms with Crippen LogP contribution in [0.3, 0.4) is 0 Å². The van der Waals surface area contributed by atoms with Crippen LogP contribution in [0, 0.1) is 5.92 Å². The highest BCUT2D eigenvalue weighted by Crippen LogP contribution is 2.48. The van der Waals surface area contributed by atoms with E-state index in [-0.39, 0.29) is 5.91 Å². The van der Waals surface area contributed by atoms with E-state index in [0.29, 0.717) is 40.8 Å². The van der Waals surface area contributed by atoms with Crippen LogP contribution in [0.25, 0.3) is 0 Å². The second-order valence-electron chi connectivity index (χ2n) is 6.75. The van der Waals surface area contributed by atoms with Crippen LogP contribution in [0.2, 0.25) is 0 Å². The fourth-order valence-electron chi connectivity index (χ4n) is 3.64. The summed E-state index contributed by atoms with van der Waals surface area (Å²) >= 11 is 2.33. The second-order valence-corrected chi connectivity index (χ2v) is 8.82. The van der Waals surface area contributed by atoms with E-state index in [0.717, 1.165) is 13.0 Å². The molecule has 26 heavy (non-hydrogen) atoms. The molecule has 1 atom stereocenters. The van der Waals surface area contributed by atoms with Gasteiger partial charge in [0.15, 0.2) is 0 Å². The number of amides is 1. The molecule has 0 bridgehead atoms. The number of hydrogen-bond donors (Lipinski definition) is 1. The topological polar surface area (TPSA) is 32.3 Å². The zero-order chi connectivity index (χ0) is 18.1. The van der Waals surface area contributed by atoms with Crippen molar-refractivity contribution in [3.63, 3.8) is 0 Å². The molecule has 0 spiro atoms. The van der Waals surface area contributed by atoms with Gasteiger partial charge in [-0.1, -0.05) is 11.8 Å². The molecule has 2 aliphatic rings. The summed E-state index contributed by atoms with van der Waals surface area (Å²) in [6.07, 6.45) is 3.48. The minimum absolute atomic E-state index is 0.0522. The molecule has 1 fully saturated rings. The fourth-order valence-corrected chi connectivity index (χ4v) is 5.06. The van der Waals surface area contributed by atoms with Crippen molar-refractivity contribution in [1.29, 1.82) is 0 Å². The Hall–Kier alpha value is -1.44. The van der Waals surface area contributed by atoms with Crippen LogP contribution in [-0.4, -0.2) is 29.7 Å². The number of anilines is 1. The summed E-state index contributed by atoms with van der Waals surface area (Å²) in [4.78, 5) is 16.8. The van der Waals surface area contributed by atoms with E-state index in [2.05, 4.69) is 21.7 Å². The first-order valence-electron chi connectivity index (χ1n) is 8.75. The molecule has 2 heterocycles. The number of nitrogens with one attached hydrogen (secondary N) is 1. The predicted molar refractivity (Wildman–Crippen MR) is 102 cm³/mol. The average molecular weight is 395 g/mol. The van der Waals surface area contributed by atoms with E-state index in [1.165, 1.54) is 23.3 Å². The van der Waals surface area contributed by atoms with E-state index in [9.17, 15) is 13.6 Å². The lowest BCUT2D eigenvalue weighted by Crippen LogP contribution is -2.41. The Morgan fingerprint density at radius 2 is 2.04 bits per heavy atom. The fraction of sp³-hybridized carbons (Fsp3) is 0.421. The third kappa shape index (κ3) is 4.10. The Balaban J connectivity index is 1.38. The first kappa shape index (κ1) is 17.9. The summed E-state index contributed by atoms with van der Waals surface area (Å²) in [5.41, 5.74) is 2.05. The van der Waals surface area contributed by atoms with E-state index in [1.807, 2.05) is 11.3 Å². The van der Waals surface area contributed by atoms with E-state index < -0.39 is 5.76 Å². The van der Waals surface area contributed by atoms with Crippen LogP contribution in [-0.2, 0) is 11.2 Å². The van der Waals surface area contributed by atoms with Crippen molar-refractivity contribution in [2.75, 3.05) is 18.4 Å². The Morgan fingerprint density at radius 1 is 1.27 bits per heavy atom. The maximum atomic E-state index is 12.5. The molecular weight excluding hydrogens is 374 g/mol. The lowest BCUT2D eigenvalue weighted by atomic mass is 9.96. The van der Waals surface area contributed by atoms with Crippen molar-refractivity contribution in [2.45, 2.75) is 36.0 Å². The number of rotatable bonds is 6. The number of alkyl halides is 2. The van der Waals surface area contributed by atoms with Crippen LogP contribution in [0.15, 0.2) is 40.6 Å². The van der Waals surface area contributed by atoms with Gasteiger partial charge >= 0.3 is 0 Å². The zero-order valence-corrected chi connectivity index (χ0v) is 15.8. The van der Waals surface area contributed by atoms with Crippen molar-refractivity contribution in [1.82, 2.24) is 4.90 Å². The summed E-state index contributed by atoms with van der Waals surface area (Å²) in [5.74, 6) is -1.82. The van der Waals surface area contributed by atoms with Gasteiger partial charge in [-0.2, -0.15) is 8.78 Å². The third-order valence-electron chi connectivity index (χ3n) is 4.90. The van der Waals surface area contributed by atoms with Gasteiger partial charge in [0.2, 0.25) is 5.91 Å². The number of hydrogen-bond acceptors (Lipinski definition) is 4. The lowest BCUT2D eigenvalue weighted by molar-refractivity contribution is -0.118. The third-order valence-corrected chi connectivity index (χ3v) is 6.62. The minimum atomic E-state index is -2.43. The number of halogens is 2. The van der Waals surface area contributed by atoms with Crippen LogP contribution < -0.4 is 5.32 Å². The predicted octanol–water partition coefficient (Wildman–Crippen LogP) is 5.01. The normalized spacial score (nSPS) is 20.2. The van der Waals surface area contributed by atoms with Crippen LogP contribution in [0.1, 0.15) is 29.3 Å². The number of thioether (sulfide) groups is 1. The van der Waals surface area contributed by atoms with Gasteiger partial charge in [-0.3, -0.25) is 9.69 Å². The molecule has 1 saturated carbocycles. The molecule has 1 aromatic carbocycles. The molecule has 0 saturated heterocycles. The molecule has 2 aromatic rings. The first-order chi connectivity index (χ1) is 12.6. The Morgan fingerprint density at radius 3 is 2.73 bits per heavy atom. The molecule has 3 nitrogen and oxygen atoms in total. The molecule has 4 rings (SSSR count). The molecule has 1 aliphatic heterocycles. The van der Waals surface area contributed by atoms with E-state index in [1.54, 1.807) is 24.3 Å². The van der Waals surface area contributed by atoms with Gasteiger partial charge in [0, 0.05) is 28.0 Å². The summed E-state index contributed by atoms with van der Waals surface area (Å²) in [5, 5.41) is 5.05. The molecule has 1 aromatic heterocycles. The second kappa shape index (κ2) is 7.66. The molecule has 0 unspecified atom stereocenters. The van der Waals surface area contributed by atoms with E-state index >= 15 is 0 Å². The van der Waals surface area contributed by atoms with Gasteiger partial charge in [0.05, 0.1) is 6.54 Å². The summed E-state index contributed by atoms with van der Waals surface area (Å²) in [6.45, 7) is 1.27. The molecule has 7 heteroatoms. The number of thiophene rings is 1. The largest absolute Gasteiger partial charge is 0.325 e. The van der Waals surface area contributed by atoms with Crippen LogP contribution in [0.5, 0.6) is 0 Å². The quantitative estimate of drug-likeness (QED) is 0.699. The van der Waals surface area contributed by atoms with Crippen LogP contribution in [0.4, 0.5) is 14.5 Å². The Labute approximate surface area is 159 Å². The summed E-state index contributed by atoms with van der Waals surface area (Å²) in [7, 11) is 0. The molecule has 0 radical (unpaired) electrons. The zero-order valence-electron chi connectivity index (χ0n) is 14.2. The molecule has 1 N–H and O–H groups in total. The smallest absolute Gasteiger partial charge is 0.288 e. The van der Waals surface area contributed by atoms with Crippen molar-refractivity contribution in [2.24, 2.45) is 5.92 Å². The molecule has 1 amide bonds. The standard InChI is InChI=1S/C19H20F2N2OS2/c20-19(21)26-14-5-3-13(4-6-14)22-17(24)11-23-9-7-16-15(8-10-25-16)18(23)12-1-2-12/h3-6,8,10,12,18-19H,1-2,7,9,11H2,(H,22,24)/t18-/m1/s1. The van der Waals surface area contributed by atoms with Gasteiger partial charge < -0.3 is 5.32 Å².